The Morgan fingerprint density at radius 1 is 1.14 bits per heavy atom. The average Bonchev–Trinajstić information content (AvgIpc) is 2.75. The lowest BCUT2D eigenvalue weighted by molar-refractivity contribution is -0.130. The molecule has 2 aromatic rings. The Morgan fingerprint density at radius 3 is 2.64 bits per heavy atom. The fraction of sp³-hybridized carbons (Fsp3) is 0.222. The molecule has 3 amide bonds. The van der Waals surface area contributed by atoms with Crippen molar-refractivity contribution in [2.45, 2.75) is 19.4 Å². The lowest BCUT2D eigenvalue weighted by Crippen LogP contribution is -2.41. The van der Waals surface area contributed by atoms with Crippen molar-refractivity contribution in [2.24, 2.45) is 0 Å². The smallest absolute Gasteiger partial charge is 0.319 e. The maximum absolute atomic E-state index is 12.8. The summed E-state index contributed by atoms with van der Waals surface area (Å²) in [5.74, 6) is 5.21. The van der Waals surface area contributed by atoms with Crippen LogP contribution in [0.5, 0.6) is 0 Å². The van der Waals surface area contributed by atoms with E-state index in [0.29, 0.717) is 0 Å². The largest absolute Gasteiger partial charge is 0.326 e. The van der Waals surface area contributed by atoms with Gasteiger partial charge < -0.3 is 5.32 Å². The van der Waals surface area contributed by atoms with Gasteiger partial charge in [0.1, 0.15) is 5.54 Å². The van der Waals surface area contributed by atoms with Gasteiger partial charge in [0, 0.05) is 0 Å². The highest BCUT2D eigenvalue weighted by Gasteiger charge is 2.49. The fourth-order valence-electron chi connectivity index (χ4n) is 2.84. The van der Waals surface area contributed by atoms with Crippen molar-refractivity contribution < 1.29 is 9.59 Å². The van der Waals surface area contributed by atoms with E-state index < -0.39 is 11.6 Å². The van der Waals surface area contributed by atoms with Gasteiger partial charge >= 0.3 is 6.03 Å². The minimum absolute atomic E-state index is 0.113. The third kappa shape index (κ3) is 2.03. The molecule has 0 bridgehead atoms. The summed E-state index contributed by atoms with van der Waals surface area (Å²) in [7, 11) is 0. The van der Waals surface area contributed by atoms with Crippen LogP contribution in [0.1, 0.15) is 19.4 Å². The van der Waals surface area contributed by atoms with Crippen molar-refractivity contribution in [3.8, 4) is 11.8 Å². The molecular weight excluding hydrogens is 276 g/mol. The Labute approximate surface area is 129 Å². The Bertz CT molecular complexity index is 826. The summed E-state index contributed by atoms with van der Waals surface area (Å²) >= 11 is 0. The second-order valence-electron chi connectivity index (χ2n) is 5.40. The molecule has 0 spiro atoms. The lowest BCUT2D eigenvalue weighted by Gasteiger charge is -2.23. The van der Waals surface area contributed by atoms with Crippen LogP contribution in [0.25, 0.3) is 10.8 Å². The topological polar surface area (TPSA) is 49.4 Å². The van der Waals surface area contributed by atoms with Crippen LogP contribution in [0, 0.1) is 11.8 Å². The minimum atomic E-state index is -1.06. The van der Waals surface area contributed by atoms with Crippen LogP contribution < -0.4 is 5.32 Å². The lowest BCUT2D eigenvalue weighted by atomic mass is 9.88. The Hall–Kier alpha value is -2.80. The van der Waals surface area contributed by atoms with Crippen LogP contribution in [-0.4, -0.2) is 23.4 Å². The van der Waals surface area contributed by atoms with Crippen molar-refractivity contribution in [3.05, 3.63) is 48.0 Å². The second-order valence-corrected chi connectivity index (χ2v) is 5.40. The fourth-order valence-corrected chi connectivity index (χ4v) is 2.84. The number of nitrogens with zero attached hydrogens (tertiary/aromatic N) is 1. The van der Waals surface area contributed by atoms with Crippen LogP contribution in [0.4, 0.5) is 4.79 Å². The van der Waals surface area contributed by atoms with Gasteiger partial charge in [0.15, 0.2) is 0 Å². The zero-order chi connectivity index (χ0) is 15.7. The molecule has 0 aliphatic carbocycles. The quantitative estimate of drug-likeness (QED) is 0.683. The highest BCUT2D eigenvalue weighted by Crippen LogP contribution is 2.33. The van der Waals surface area contributed by atoms with Crippen LogP contribution in [-0.2, 0) is 10.3 Å². The molecule has 4 heteroatoms. The molecule has 1 N–H and O–H groups in total. The van der Waals surface area contributed by atoms with Gasteiger partial charge in [-0.05, 0) is 30.2 Å². The average molecular weight is 292 g/mol. The molecule has 1 aliphatic heterocycles. The van der Waals surface area contributed by atoms with Gasteiger partial charge in [-0.3, -0.25) is 9.69 Å². The van der Waals surface area contributed by atoms with E-state index in [1.807, 2.05) is 42.5 Å². The molecule has 1 atom stereocenters. The van der Waals surface area contributed by atoms with Gasteiger partial charge in [-0.25, -0.2) is 4.79 Å². The summed E-state index contributed by atoms with van der Waals surface area (Å²) in [5, 5.41) is 4.82. The van der Waals surface area contributed by atoms with E-state index in [2.05, 4.69) is 17.2 Å². The first-order valence-electron chi connectivity index (χ1n) is 7.10. The number of benzene rings is 2. The standard InChI is InChI=1S/C18H16N2O2/c1-3-4-12-20-16(21)18(2,19-17(20)22)15-11-7-9-13-8-5-6-10-14(13)15/h5-11H,12H2,1-2H3,(H,19,22). The molecule has 110 valence electrons. The number of nitrogens with one attached hydrogen (secondary N) is 1. The Kier molecular flexibility index (Phi) is 3.34. The van der Waals surface area contributed by atoms with Crippen LogP contribution >= 0.6 is 0 Å². The summed E-state index contributed by atoms with van der Waals surface area (Å²) < 4.78 is 0. The van der Waals surface area contributed by atoms with Gasteiger partial charge in [-0.15, -0.1) is 5.92 Å². The Balaban J connectivity index is 2.11. The van der Waals surface area contributed by atoms with Gasteiger partial charge in [0.2, 0.25) is 0 Å². The number of carbonyl (C=O) groups excluding carboxylic acids is 2. The molecule has 2 aromatic carbocycles. The van der Waals surface area contributed by atoms with Gasteiger partial charge in [-0.2, -0.15) is 0 Å². The summed E-state index contributed by atoms with van der Waals surface area (Å²) in [4.78, 5) is 26.1. The van der Waals surface area contributed by atoms with E-state index in [1.54, 1.807) is 13.8 Å². The first-order chi connectivity index (χ1) is 10.6. The van der Waals surface area contributed by atoms with Crippen LogP contribution in [0.15, 0.2) is 42.5 Å². The van der Waals surface area contributed by atoms with E-state index in [9.17, 15) is 9.59 Å². The summed E-state index contributed by atoms with van der Waals surface area (Å²) in [6, 6.07) is 13.2. The number of fused-ring (bicyclic) bond motifs is 1. The second kappa shape index (κ2) is 5.19. The SMILES string of the molecule is CC#CCN1C(=O)NC(C)(c2cccc3ccccc23)C1=O. The molecule has 3 rings (SSSR count). The molecule has 0 aromatic heterocycles. The summed E-state index contributed by atoms with van der Waals surface area (Å²) in [6.07, 6.45) is 0. The molecule has 1 heterocycles. The highest BCUT2D eigenvalue weighted by molar-refractivity contribution is 6.09. The van der Waals surface area contributed by atoms with E-state index in [1.165, 1.54) is 0 Å². The molecule has 1 unspecified atom stereocenters. The molecule has 0 saturated carbocycles. The maximum Gasteiger partial charge on any atom is 0.326 e. The molecule has 0 radical (unpaired) electrons. The van der Waals surface area contributed by atoms with Crippen LogP contribution in [0.3, 0.4) is 0 Å². The van der Waals surface area contributed by atoms with E-state index >= 15 is 0 Å². The zero-order valence-electron chi connectivity index (χ0n) is 12.5. The number of amides is 3. The normalized spacial score (nSPS) is 20.7. The maximum atomic E-state index is 12.8. The number of hydrogen-bond acceptors (Lipinski definition) is 2. The Morgan fingerprint density at radius 2 is 1.86 bits per heavy atom. The first-order valence-corrected chi connectivity index (χ1v) is 7.10. The number of hydrogen-bond donors (Lipinski definition) is 1. The summed E-state index contributed by atoms with van der Waals surface area (Å²) in [6.45, 7) is 3.54. The number of carbonyl (C=O) groups is 2. The predicted molar refractivity (Wildman–Crippen MR) is 85.0 cm³/mol. The molecule has 1 saturated heterocycles. The van der Waals surface area contributed by atoms with Gasteiger partial charge in [-0.1, -0.05) is 48.4 Å². The predicted octanol–water partition coefficient (Wildman–Crippen LogP) is 2.63. The minimum Gasteiger partial charge on any atom is -0.319 e. The van der Waals surface area contributed by atoms with Crippen LogP contribution in [0.2, 0.25) is 0 Å². The van der Waals surface area contributed by atoms with Crippen molar-refractivity contribution in [1.29, 1.82) is 0 Å². The van der Waals surface area contributed by atoms with E-state index in [0.717, 1.165) is 21.2 Å². The third-order valence-electron chi connectivity index (χ3n) is 4.02. The number of urea groups is 1. The molecule has 1 fully saturated rings. The van der Waals surface area contributed by atoms with Crippen molar-refractivity contribution in [2.75, 3.05) is 6.54 Å². The van der Waals surface area contributed by atoms with Gasteiger partial charge in [0.25, 0.3) is 5.91 Å². The monoisotopic (exact) mass is 292 g/mol. The molecule has 22 heavy (non-hydrogen) atoms. The molecular formula is C18H16N2O2. The molecule has 1 aliphatic rings. The van der Waals surface area contributed by atoms with Crippen molar-refractivity contribution in [1.82, 2.24) is 10.2 Å². The van der Waals surface area contributed by atoms with Crippen molar-refractivity contribution in [3.63, 3.8) is 0 Å². The molecule has 4 nitrogen and oxygen atoms in total. The summed E-state index contributed by atoms with van der Waals surface area (Å²) in [5.41, 5.74) is -0.260. The highest BCUT2D eigenvalue weighted by atomic mass is 16.2. The van der Waals surface area contributed by atoms with Gasteiger partial charge in [0.05, 0.1) is 6.54 Å². The third-order valence-corrected chi connectivity index (χ3v) is 4.02. The number of rotatable bonds is 2. The van der Waals surface area contributed by atoms with E-state index in [-0.39, 0.29) is 12.5 Å². The van der Waals surface area contributed by atoms with E-state index in [4.69, 9.17) is 0 Å². The first kappa shape index (κ1) is 14.2. The zero-order valence-corrected chi connectivity index (χ0v) is 12.5. The van der Waals surface area contributed by atoms with Crippen molar-refractivity contribution >= 4 is 22.7 Å². The number of imide groups is 1.